The van der Waals surface area contributed by atoms with Gasteiger partial charge in [-0.05, 0) is 36.8 Å². The topological polar surface area (TPSA) is 38.5 Å². The number of methoxy groups -OCH3 is 1. The summed E-state index contributed by atoms with van der Waals surface area (Å²) in [6.07, 6.45) is 0. The minimum absolute atomic E-state index is 0.0211. The predicted molar refractivity (Wildman–Crippen MR) is 84.4 cm³/mol. The zero-order valence-electron chi connectivity index (χ0n) is 12.3. The number of nitrogens with zero attached hydrogens (tertiary/aromatic N) is 1. The molecular weight excluding hydrogens is 248 g/mol. The predicted octanol–water partition coefficient (Wildman–Crippen LogP) is 3.14. The number of likely N-dealkylation sites (N-methyl/N-ethyl adjacent to an activating group) is 1. The molecule has 0 heterocycles. The van der Waals surface area contributed by atoms with Crippen LogP contribution in [0.3, 0.4) is 0 Å². The first kappa shape index (κ1) is 14.4. The van der Waals surface area contributed by atoms with Gasteiger partial charge in [0.2, 0.25) is 0 Å². The molecule has 106 valence electrons. The van der Waals surface area contributed by atoms with Crippen LogP contribution in [0, 0.1) is 6.92 Å². The van der Waals surface area contributed by atoms with Crippen molar-refractivity contribution in [2.24, 2.45) is 5.73 Å². The highest BCUT2D eigenvalue weighted by Gasteiger charge is 2.10. The second kappa shape index (κ2) is 6.44. The second-order valence-electron chi connectivity index (χ2n) is 5.10. The molecule has 1 atom stereocenters. The highest BCUT2D eigenvalue weighted by atomic mass is 16.5. The maximum Gasteiger partial charge on any atom is 0.118 e. The molecule has 0 spiro atoms. The zero-order valence-corrected chi connectivity index (χ0v) is 12.3. The van der Waals surface area contributed by atoms with Crippen molar-refractivity contribution in [2.45, 2.75) is 13.0 Å². The fourth-order valence-electron chi connectivity index (χ4n) is 2.16. The van der Waals surface area contributed by atoms with Crippen LogP contribution in [0.25, 0.3) is 0 Å². The van der Waals surface area contributed by atoms with Crippen molar-refractivity contribution in [2.75, 3.05) is 25.6 Å². The lowest BCUT2D eigenvalue weighted by atomic mass is 10.1. The quantitative estimate of drug-likeness (QED) is 0.907. The molecule has 0 aliphatic carbocycles. The molecule has 0 fully saturated rings. The molecule has 0 amide bonds. The Morgan fingerprint density at radius 2 is 1.65 bits per heavy atom. The maximum atomic E-state index is 6.27. The Morgan fingerprint density at radius 1 is 1.05 bits per heavy atom. The van der Waals surface area contributed by atoms with Crippen molar-refractivity contribution in [3.8, 4) is 5.75 Å². The third-order valence-corrected chi connectivity index (χ3v) is 3.49. The van der Waals surface area contributed by atoms with Gasteiger partial charge in [0.25, 0.3) is 0 Å². The van der Waals surface area contributed by atoms with E-state index in [2.05, 4.69) is 43.1 Å². The summed E-state index contributed by atoms with van der Waals surface area (Å²) >= 11 is 0. The number of ether oxygens (including phenoxy) is 1. The first-order valence-corrected chi connectivity index (χ1v) is 6.77. The number of hydrogen-bond acceptors (Lipinski definition) is 3. The molecule has 0 radical (unpaired) electrons. The van der Waals surface area contributed by atoms with Gasteiger partial charge in [-0.2, -0.15) is 0 Å². The first-order chi connectivity index (χ1) is 9.60. The summed E-state index contributed by atoms with van der Waals surface area (Å²) in [5.41, 5.74) is 9.83. The van der Waals surface area contributed by atoms with Crippen LogP contribution in [0.2, 0.25) is 0 Å². The summed E-state index contributed by atoms with van der Waals surface area (Å²) in [5.74, 6) is 0.854. The summed E-state index contributed by atoms with van der Waals surface area (Å²) in [6.45, 7) is 2.86. The van der Waals surface area contributed by atoms with E-state index in [-0.39, 0.29) is 6.04 Å². The first-order valence-electron chi connectivity index (χ1n) is 6.77. The summed E-state index contributed by atoms with van der Waals surface area (Å²) in [7, 11) is 3.73. The zero-order chi connectivity index (χ0) is 14.5. The molecule has 20 heavy (non-hydrogen) atoms. The van der Waals surface area contributed by atoms with Gasteiger partial charge >= 0.3 is 0 Å². The highest BCUT2D eigenvalue weighted by Crippen LogP contribution is 2.19. The standard InChI is InChI=1S/C17H22N2O/c1-13-4-8-15(9-5-13)19(2)12-17(18)14-6-10-16(20-3)11-7-14/h4-11,17H,12,18H2,1-3H3. The van der Waals surface area contributed by atoms with Crippen molar-refractivity contribution in [1.82, 2.24) is 0 Å². The molecule has 2 aromatic rings. The van der Waals surface area contributed by atoms with E-state index in [4.69, 9.17) is 10.5 Å². The van der Waals surface area contributed by atoms with E-state index in [0.29, 0.717) is 0 Å². The molecule has 2 rings (SSSR count). The normalized spacial score (nSPS) is 12.0. The van der Waals surface area contributed by atoms with Gasteiger partial charge in [-0.3, -0.25) is 0 Å². The number of anilines is 1. The van der Waals surface area contributed by atoms with E-state index >= 15 is 0 Å². The second-order valence-corrected chi connectivity index (χ2v) is 5.10. The molecule has 2 aromatic carbocycles. The van der Waals surface area contributed by atoms with E-state index in [1.807, 2.05) is 24.3 Å². The Morgan fingerprint density at radius 3 is 2.20 bits per heavy atom. The van der Waals surface area contributed by atoms with Crippen LogP contribution in [-0.4, -0.2) is 20.7 Å². The van der Waals surface area contributed by atoms with Gasteiger partial charge in [-0.15, -0.1) is 0 Å². The van der Waals surface area contributed by atoms with Crippen molar-refractivity contribution >= 4 is 5.69 Å². The fraction of sp³-hybridized carbons (Fsp3) is 0.294. The minimum atomic E-state index is -0.0211. The van der Waals surface area contributed by atoms with Gasteiger partial charge in [-0.25, -0.2) is 0 Å². The number of benzene rings is 2. The van der Waals surface area contributed by atoms with Gasteiger partial charge in [0.15, 0.2) is 0 Å². The molecule has 0 saturated carbocycles. The van der Waals surface area contributed by atoms with Gasteiger partial charge in [-0.1, -0.05) is 29.8 Å². The minimum Gasteiger partial charge on any atom is -0.497 e. The Labute approximate surface area is 121 Å². The van der Waals surface area contributed by atoms with Crippen molar-refractivity contribution < 1.29 is 4.74 Å². The van der Waals surface area contributed by atoms with E-state index < -0.39 is 0 Å². The third kappa shape index (κ3) is 3.52. The summed E-state index contributed by atoms with van der Waals surface area (Å²) < 4.78 is 5.16. The SMILES string of the molecule is COc1ccc(C(N)CN(C)c2ccc(C)cc2)cc1. The molecule has 0 aromatic heterocycles. The van der Waals surface area contributed by atoms with Crippen LogP contribution >= 0.6 is 0 Å². The van der Waals surface area contributed by atoms with Crippen LogP contribution in [0.5, 0.6) is 5.75 Å². The summed E-state index contributed by atoms with van der Waals surface area (Å²) in [5, 5.41) is 0. The molecule has 0 bridgehead atoms. The van der Waals surface area contributed by atoms with Crippen LogP contribution in [0.4, 0.5) is 5.69 Å². The fourth-order valence-corrected chi connectivity index (χ4v) is 2.16. The van der Waals surface area contributed by atoms with Crippen LogP contribution < -0.4 is 15.4 Å². The van der Waals surface area contributed by atoms with E-state index in [1.54, 1.807) is 7.11 Å². The maximum absolute atomic E-state index is 6.27. The van der Waals surface area contributed by atoms with Gasteiger partial charge in [0, 0.05) is 25.3 Å². The van der Waals surface area contributed by atoms with Crippen molar-refractivity contribution in [3.05, 3.63) is 59.7 Å². The van der Waals surface area contributed by atoms with Crippen LogP contribution in [-0.2, 0) is 0 Å². The smallest absolute Gasteiger partial charge is 0.118 e. The molecular formula is C17H22N2O. The summed E-state index contributed by atoms with van der Waals surface area (Å²) in [4.78, 5) is 2.17. The van der Waals surface area contributed by atoms with Crippen LogP contribution in [0.1, 0.15) is 17.2 Å². The largest absolute Gasteiger partial charge is 0.497 e. The average Bonchev–Trinajstić information content (AvgIpc) is 2.48. The monoisotopic (exact) mass is 270 g/mol. The lowest BCUT2D eigenvalue weighted by Gasteiger charge is -2.24. The number of nitrogens with two attached hydrogens (primary N) is 1. The highest BCUT2D eigenvalue weighted by molar-refractivity contribution is 5.47. The van der Waals surface area contributed by atoms with E-state index in [9.17, 15) is 0 Å². The number of rotatable bonds is 5. The Hall–Kier alpha value is -2.00. The lowest BCUT2D eigenvalue weighted by molar-refractivity contribution is 0.414. The molecule has 0 aliphatic heterocycles. The number of hydrogen-bond donors (Lipinski definition) is 1. The van der Waals surface area contributed by atoms with Gasteiger partial charge < -0.3 is 15.4 Å². The van der Waals surface area contributed by atoms with Crippen molar-refractivity contribution in [1.29, 1.82) is 0 Å². The van der Waals surface area contributed by atoms with Crippen LogP contribution in [0.15, 0.2) is 48.5 Å². The lowest BCUT2D eigenvalue weighted by Crippen LogP contribution is -2.28. The number of aryl methyl sites for hydroxylation is 1. The Kier molecular flexibility index (Phi) is 4.64. The molecule has 2 N–H and O–H groups in total. The summed E-state index contributed by atoms with van der Waals surface area (Å²) in [6, 6.07) is 16.4. The average molecular weight is 270 g/mol. The third-order valence-electron chi connectivity index (χ3n) is 3.49. The molecule has 3 nitrogen and oxygen atoms in total. The molecule has 0 aliphatic rings. The molecule has 1 unspecified atom stereocenters. The van der Waals surface area contributed by atoms with Crippen molar-refractivity contribution in [3.63, 3.8) is 0 Å². The Bertz CT molecular complexity index is 534. The van der Waals surface area contributed by atoms with Gasteiger partial charge in [0.05, 0.1) is 7.11 Å². The molecule has 0 saturated heterocycles. The molecule has 3 heteroatoms. The van der Waals surface area contributed by atoms with E-state index in [0.717, 1.165) is 17.9 Å². The Balaban J connectivity index is 2.02. The van der Waals surface area contributed by atoms with E-state index in [1.165, 1.54) is 11.3 Å². The van der Waals surface area contributed by atoms with Gasteiger partial charge in [0.1, 0.15) is 5.75 Å².